The number of carboxylic acids is 1. The van der Waals surface area contributed by atoms with Gasteiger partial charge in [0.25, 0.3) is 0 Å². The van der Waals surface area contributed by atoms with Gasteiger partial charge in [0.15, 0.2) is 0 Å². The van der Waals surface area contributed by atoms with Crippen molar-refractivity contribution in [1.29, 1.82) is 0 Å². The third-order valence-electron chi connectivity index (χ3n) is 1.92. The van der Waals surface area contributed by atoms with Gasteiger partial charge in [0.1, 0.15) is 10.7 Å². The van der Waals surface area contributed by atoms with Crippen molar-refractivity contribution in [2.45, 2.75) is 20.3 Å². The summed E-state index contributed by atoms with van der Waals surface area (Å²) in [6, 6.07) is 0. The van der Waals surface area contributed by atoms with Crippen molar-refractivity contribution in [3.63, 3.8) is 0 Å². The van der Waals surface area contributed by atoms with Crippen molar-refractivity contribution >= 4 is 17.6 Å². The zero-order chi connectivity index (χ0) is 10.0. The van der Waals surface area contributed by atoms with E-state index < -0.39 is 5.97 Å². The highest BCUT2D eigenvalue weighted by molar-refractivity contribution is 6.32. The van der Waals surface area contributed by atoms with E-state index in [1.165, 1.54) is 0 Å². The molecule has 4 heteroatoms. The van der Waals surface area contributed by atoms with Crippen LogP contribution in [0.5, 0.6) is 0 Å². The maximum atomic E-state index is 10.8. The van der Waals surface area contributed by atoms with Gasteiger partial charge in [-0.3, -0.25) is 0 Å². The lowest BCUT2D eigenvalue weighted by Crippen LogP contribution is -2.06. The number of carboxylic acid groups (broad SMARTS) is 1. The van der Waals surface area contributed by atoms with Crippen LogP contribution in [0.3, 0.4) is 0 Å². The monoisotopic (exact) mass is 199 g/mol. The van der Waals surface area contributed by atoms with Gasteiger partial charge in [0.2, 0.25) is 0 Å². The average Bonchev–Trinajstić information content (AvgIpc) is 2.07. The highest BCUT2D eigenvalue weighted by Gasteiger charge is 2.16. The molecule has 1 aromatic rings. The molecule has 0 unspecified atom stereocenters. The molecule has 0 bridgehead atoms. The van der Waals surface area contributed by atoms with Gasteiger partial charge in [-0.25, -0.2) is 9.78 Å². The first-order chi connectivity index (χ1) is 6.07. The van der Waals surface area contributed by atoms with Gasteiger partial charge < -0.3 is 5.11 Å². The minimum atomic E-state index is -1.02. The van der Waals surface area contributed by atoms with Gasteiger partial charge in [-0.05, 0) is 24.5 Å². The molecular weight excluding hydrogens is 190 g/mol. The molecule has 70 valence electrons. The summed E-state index contributed by atoms with van der Waals surface area (Å²) in [5.74, 6) is -1.02. The Bertz CT molecular complexity index is 350. The van der Waals surface area contributed by atoms with Gasteiger partial charge in [0, 0.05) is 6.20 Å². The number of aromatic nitrogens is 1. The molecule has 1 heterocycles. The van der Waals surface area contributed by atoms with E-state index in [0.717, 1.165) is 11.1 Å². The molecule has 0 amide bonds. The summed E-state index contributed by atoms with van der Waals surface area (Å²) >= 11 is 5.68. The van der Waals surface area contributed by atoms with Crippen LogP contribution < -0.4 is 0 Å². The molecule has 0 radical (unpaired) electrons. The molecule has 0 aliphatic carbocycles. The summed E-state index contributed by atoms with van der Waals surface area (Å²) in [4.78, 5) is 14.6. The van der Waals surface area contributed by atoms with E-state index in [-0.39, 0.29) is 10.7 Å². The van der Waals surface area contributed by atoms with E-state index >= 15 is 0 Å². The summed E-state index contributed by atoms with van der Waals surface area (Å²) in [6.07, 6.45) is 2.24. The number of aromatic carboxylic acids is 1. The van der Waals surface area contributed by atoms with Crippen LogP contribution in [0.15, 0.2) is 6.20 Å². The Balaban J connectivity index is 3.43. The topological polar surface area (TPSA) is 50.2 Å². The number of pyridine rings is 1. The van der Waals surface area contributed by atoms with Crippen molar-refractivity contribution in [3.8, 4) is 0 Å². The molecule has 0 atom stereocenters. The molecule has 0 aliphatic rings. The van der Waals surface area contributed by atoms with E-state index in [2.05, 4.69) is 4.98 Å². The molecule has 0 fully saturated rings. The van der Waals surface area contributed by atoms with Crippen molar-refractivity contribution in [2.75, 3.05) is 0 Å². The molecular formula is C9H10ClNO2. The number of hydrogen-bond acceptors (Lipinski definition) is 2. The van der Waals surface area contributed by atoms with Crippen LogP contribution in [0.4, 0.5) is 0 Å². The highest BCUT2D eigenvalue weighted by atomic mass is 35.5. The second kappa shape index (κ2) is 3.75. The third-order valence-corrected chi connectivity index (χ3v) is 2.21. The molecule has 0 saturated heterocycles. The summed E-state index contributed by atoms with van der Waals surface area (Å²) in [5, 5.41) is 8.94. The number of aryl methyl sites for hydroxylation is 1. The zero-order valence-corrected chi connectivity index (χ0v) is 8.22. The SMILES string of the molecule is CCc1c(C)cnc(Cl)c1C(=O)O. The van der Waals surface area contributed by atoms with Gasteiger partial charge >= 0.3 is 5.97 Å². The summed E-state index contributed by atoms with van der Waals surface area (Å²) in [6.45, 7) is 3.72. The normalized spacial score (nSPS) is 10.1. The van der Waals surface area contributed by atoms with Gasteiger partial charge in [-0.1, -0.05) is 18.5 Å². The van der Waals surface area contributed by atoms with Crippen molar-refractivity contribution in [1.82, 2.24) is 4.98 Å². The molecule has 1 rings (SSSR count). The maximum Gasteiger partial charge on any atom is 0.339 e. The van der Waals surface area contributed by atoms with Gasteiger partial charge in [-0.15, -0.1) is 0 Å². The van der Waals surface area contributed by atoms with E-state index in [9.17, 15) is 4.79 Å². The Morgan fingerprint density at radius 2 is 2.31 bits per heavy atom. The predicted octanol–water partition coefficient (Wildman–Crippen LogP) is 2.30. The first-order valence-corrected chi connectivity index (χ1v) is 4.33. The predicted molar refractivity (Wildman–Crippen MR) is 50.3 cm³/mol. The smallest absolute Gasteiger partial charge is 0.339 e. The summed E-state index contributed by atoms with van der Waals surface area (Å²) < 4.78 is 0. The number of hydrogen-bond donors (Lipinski definition) is 1. The Morgan fingerprint density at radius 1 is 1.69 bits per heavy atom. The largest absolute Gasteiger partial charge is 0.478 e. The molecule has 0 aromatic carbocycles. The molecule has 13 heavy (non-hydrogen) atoms. The summed E-state index contributed by atoms with van der Waals surface area (Å²) in [5.41, 5.74) is 1.75. The lowest BCUT2D eigenvalue weighted by atomic mass is 10.0. The van der Waals surface area contributed by atoms with Crippen molar-refractivity contribution in [3.05, 3.63) is 28.0 Å². The molecule has 0 aliphatic heterocycles. The molecule has 1 N–H and O–H groups in total. The number of rotatable bonds is 2. The van der Waals surface area contributed by atoms with Crippen molar-refractivity contribution in [2.24, 2.45) is 0 Å². The van der Waals surface area contributed by atoms with Gasteiger partial charge in [-0.2, -0.15) is 0 Å². The van der Waals surface area contributed by atoms with Crippen molar-refractivity contribution < 1.29 is 9.90 Å². The van der Waals surface area contributed by atoms with Crippen LogP contribution in [0.1, 0.15) is 28.4 Å². The number of halogens is 1. The van der Waals surface area contributed by atoms with E-state index in [1.807, 2.05) is 13.8 Å². The van der Waals surface area contributed by atoms with Crippen LogP contribution in [0.2, 0.25) is 5.15 Å². The minimum Gasteiger partial charge on any atom is -0.478 e. The zero-order valence-electron chi connectivity index (χ0n) is 7.47. The quantitative estimate of drug-likeness (QED) is 0.744. The highest BCUT2D eigenvalue weighted by Crippen LogP contribution is 2.21. The van der Waals surface area contributed by atoms with E-state index in [4.69, 9.17) is 16.7 Å². The van der Waals surface area contributed by atoms with Crippen LogP contribution >= 0.6 is 11.6 Å². The van der Waals surface area contributed by atoms with E-state index in [1.54, 1.807) is 6.20 Å². The Morgan fingerprint density at radius 3 is 2.69 bits per heavy atom. The molecule has 0 spiro atoms. The Labute approximate surface area is 81.4 Å². The number of carbonyl (C=O) groups is 1. The third kappa shape index (κ3) is 1.80. The maximum absolute atomic E-state index is 10.8. The first kappa shape index (κ1) is 9.99. The fraction of sp³-hybridized carbons (Fsp3) is 0.333. The molecule has 0 saturated carbocycles. The van der Waals surface area contributed by atoms with E-state index in [0.29, 0.717) is 6.42 Å². The lowest BCUT2D eigenvalue weighted by Gasteiger charge is -2.07. The molecule has 3 nitrogen and oxygen atoms in total. The lowest BCUT2D eigenvalue weighted by molar-refractivity contribution is 0.0695. The second-order valence-electron chi connectivity index (χ2n) is 2.74. The van der Waals surface area contributed by atoms with Crippen LogP contribution in [0, 0.1) is 6.92 Å². The van der Waals surface area contributed by atoms with Crippen LogP contribution in [-0.2, 0) is 6.42 Å². The Kier molecular flexibility index (Phi) is 2.88. The van der Waals surface area contributed by atoms with Crippen LogP contribution in [0.25, 0.3) is 0 Å². The Hall–Kier alpha value is -1.09. The molecule has 1 aromatic heterocycles. The first-order valence-electron chi connectivity index (χ1n) is 3.95. The minimum absolute atomic E-state index is 0.0648. The number of nitrogens with zero attached hydrogens (tertiary/aromatic N) is 1. The average molecular weight is 200 g/mol. The fourth-order valence-corrected chi connectivity index (χ4v) is 1.53. The van der Waals surface area contributed by atoms with Gasteiger partial charge in [0.05, 0.1) is 0 Å². The second-order valence-corrected chi connectivity index (χ2v) is 3.10. The summed E-state index contributed by atoms with van der Waals surface area (Å²) in [7, 11) is 0. The fourth-order valence-electron chi connectivity index (χ4n) is 1.29. The standard InChI is InChI=1S/C9H10ClNO2/c1-3-6-5(2)4-11-8(10)7(6)9(12)13/h4H,3H2,1-2H3,(H,12,13). The van der Waals surface area contributed by atoms with Crippen LogP contribution in [-0.4, -0.2) is 16.1 Å².